The van der Waals surface area contributed by atoms with Crippen LogP contribution in [-0.4, -0.2) is 5.91 Å². The second-order valence-electron chi connectivity index (χ2n) is 5.41. The van der Waals surface area contributed by atoms with Crippen LogP contribution in [0.2, 0.25) is 0 Å². The van der Waals surface area contributed by atoms with Crippen LogP contribution in [-0.2, 0) is 11.2 Å². The summed E-state index contributed by atoms with van der Waals surface area (Å²) in [5.41, 5.74) is 2.30. The number of amides is 1. The fourth-order valence-corrected chi connectivity index (χ4v) is 3.36. The average Bonchev–Trinajstić information content (AvgIpc) is 3.14. The van der Waals surface area contributed by atoms with Crippen molar-refractivity contribution in [1.29, 1.82) is 0 Å². The Morgan fingerprint density at radius 2 is 1.61 bits per heavy atom. The van der Waals surface area contributed by atoms with Gasteiger partial charge in [0, 0.05) is 11.3 Å². The number of thiophene rings is 1. The molecule has 0 fully saturated rings. The van der Waals surface area contributed by atoms with Crippen LogP contribution in [0.3, 0.4) is 0 Å². The van der Waals surface area contributed by atoms with Gasteiger partial charge in [0.25, 0.3) is 0 Å². The fourth-order valence-electron chi connectivity index (χ4n) is 2.56. The molecule has 1 aromatic heterocycles. The summed E-state index contributed by atoms with van der Waals surface area (Å²) in [6.45, 7) is 0. The number of benzene rings is 2. The molecular weight excluding hydrogens is 302 g/mol. The zero-order chi connectivity index (χ0) is 15.9. The largest absolute Gasteiger partial charge is 0.344 e. The highest BCUT2D eigenvalue weighted by Crippen LogP contribution is 2.26. The standard InChI is InChI=1S/C20H19NOS/c22-19(14-13-16-8-3-1-4-9-16)21-20(18-12-7-15-23-18)17-10-5-2-6-11-17/h1-12,15,20H,13-14H2,(H,21,22)/t20-/m0/s1. The lowest BCUT2D eigenvalue weighted by Crippen LogP contribution is -2.28. The van der Waals surface area contributed by atoms with Gasteiger partial charge in [-0.05, 0) is 29.0 Å². The molecule has 0 unspecified atom stereocenters. The minimum absolute atomic E-state index is 0.0699. The molecule has 1 heterocycles. The second kappa shape index (κ2) is 7.75. The maximum atomic E-state index is 12.4. The lowest BCUT2D eigenvalue weighted by molar-refractivity contribution is -0.121. The minimum atomic E-state index is -0.0699. The van der Waals surface area contributed by atoms with Crippen molar-refractivity contribution in [2.45, 2.75) is 18.9 Å². The van der Waals surface area contributed by atoms with E-state index in [1.807, 2.05) is 47.8 Å². The zero-order valence-electron chi connectivity index (χ0n) is 12.8. The molecule has 0 aliphatic heterocycles. The molecule has 2 nitrogen and oxygen atoms in total. The van der Waals surface area contributed by atoms with Gasteiger partial charge in [-0.1, -0.05) is 66.7 Å². The Morgan fingerprint density at radius 3 is 2.26 bits per heavy atom. The van der Waals surface area contributed by atoms with Gasteiger partial charge in [-0.15, -0.1) is 11.3 Å². The van der Waals surface area contributed by atoms with Crippen molar-refractivity contribution in [2.24, 2.45) is 0 Å². The van der Waals surface area contributed by atoms with Crippen LogP contribution >= 0.6 is 11.3 Å². The Kier molecular flexibility index (Phi) is 5.22. The third-order valence-corrected chi connectivity index (χ3v) is 4.69. The first kappa shape index (κ1) is 15.5. The summed E-state index contributed by atoms with van der Waals surface area (Å²) in [5, 5.41) is 5.22. The van der Waals surface area contributed by atoms with E-state index in [0.717, 1.165) is 16.9 Å². The van der Waals surface area contributed by atoms with Crippen molar-refractivity contribution < 1.29 is 4.79 Å². The number of hydrogen-bond donors (Lipinski definition) is 1. The van der Waals surface area contributed by atoms with Crippen LogP contribution in [0.25, 0.3) is 0 Å². The molecule has 0 radical (unpaired) electrons. The van der Waals surface area contributed by atoms with Gasteiger partial charge in [-0.3, -0.25) is 4.79 Å². The van der Waals surface area contributed by atoms with Gasteiger partial charge in [0.05, 0.1) is 6.04 Å². The lowest BCUT2D eigenvalue weighted by atomic mass is 10.0. The van der Waals surface area contributed by atoms with E-state index in [-0.39, 0.29) is 11.9 Å². The van der Waals surface area contributed by atoms with E-state index in [1.165, 1.54) is 5.56 Å². The molecule has 23 heavy (non-hydrogen) atoms. The Morgan fingerprint density at radius 1 is 0.913 bits per heavy atom. The number of nitrogens with one attached hydrogen (secondary N) is 1. The third kappa shape index (κ3) is 4.30. The summed E-state index contributed by atoms with van der Waals surface area (Å²) in [6.07, 6.45) is 1.26. The van der Waals surface area contributed by atoms with Crippen LogP contribution in [0.15, 0.2) is 78.2 Å². The molecule has 116 valence electrons. The number of carbonyl (C=O) groups excluding carboxylic acids is 1. The van der Waals surface area contributed by atoms with E-state index < -0.39 is 0 Å². The first-order valence-electron chi connectivity index (χ1n) is 7.74. The molecule has 1 amide bonds. The van der Waals surface area contributed by atoms with Crippen LogP contribution in [0.5, 0.6) is 0 Å². The Balaban J connectivity index is 1.68. The molecule has 0 spiro atoms. The third-order valence-electron chi connectivity index (χ3n) is 3.75. The molecule has 3 rings (SSSR count). The van der Waals surface area contributed by atoms with E-state index in [4.69, 9.17) is 0 Å². The summed E-state index contributed by atoms with van der Waals surface area (Å²) in [6, 6.07) is 24.3. The monoisotopic (exact) mass is 321 g/mol. The summed E-state index contributed by atoms with van der Waals surface area (Å²) >= 11 is 1.67. The SMILES string of the molecule is O=C(CCc1ccccc1)N[C@@H](c1ccccc1)c1cccs1. The highest BCUT2D eigenvalue weighted by Gasteiger charge is 2.17. The molecule has 0 aliphatic carbocycles. The molecule has 0 saturated heterocycles. The molecule has 2 aromatic carbocycles. The van der Waals surface area contributed by atoms with Gasteiger partial charge >= 0.3 is 0 Å². The summed E-state index contributed by atoms with van der Waals surface area (Å²) in [7, 11) is 0. The van der Waals surface area contributed by atoms with Crippen molar-refractivity contribution in [3.05, 3.63) is 94.2 Å². The van der Waals surface area contributed by atoms with E-state index >= 15 is 0 Å². The molecule has 3 aromatic rings. The lowest BCUT2D eigenvalue weighted by Gasteiger charge is -2.18. The van der Waals surface area contributed by atoms with Gasteiger partial charge in [0.2, 0.25) is 5.91 Å². The number of rotatable bonds is 6. The molecule has 0 bridgehead atoms. The van der Waals surface area contributed by atoms with Crippen LogP contribution in [0, 0.1) is 0 Å². The highest BCUT2D eigenvalue weighted by atomic mass is 32.1. The molecule has 1 N–H and O–H groups in total. The van der Waals surface area contributed by atoms with Crippen molar-refractivity contribution >= 4 is 17.2 Å². The zero-order valence-corrected chi connectivity index (χ0v) is 13.6. The van der Waals surface area contributed by atoms with E-state index in [9.17, 15) is 4.79 Å². The quantitative estimate of drug-likeness (QED) is 0.707. The summed E-state index contributed by atoms with van der Waals surface area (Å²) < 4.78 is 0. The number of aryl methyl sites for hydroxylation is 1. The van der Waals surface area contributed by atoms with E-state index in [2.05, 4.69) is 35.6 Å². The maximum Gasteiger partial charge on any atom is 0.221 e. The first-order chi connectivity index (χ1) is 11.3. The Labute approximate surface area is 140 Å². The molecule has 3 heteroatoms. The smallest absolute Gasteiger partial charge is 0.221 e. The first-order valence-corrected chi connectivity index (χ1v) is 8.62. The second-order valence-corrected chi connectivity index (χ2v) is 6.39. The van der Waals surface area contributed by atoms with Gasteiger partial charge in [-0.2, -0.15) is 0 Å². The van der Waals surface area contributed by atoms with Crippen LogP contribution < -0.4 is 5.32 Å². The van der Waals surface area contributed by atoms with Crippen molar-refractivity contribution in [1.82, 2.24) is 5.32 Å². The molecule has 1 atom stereocenters. The van der Waals surface area contributed by atoms with E-state index in [0.29, 0.717) is 6.42 Å². The van der Waals surface area contributed by atoms with Crippen molar-refractivity contribution in [3.63, 3.8) is 0 Å². The van der Waals surface area contributed by atoms with Crippen molar-refractivity contribution in [2.75, 3.05) is 0 Å². The predicted molar refractivity (Wildman–Crippen MR) is 95.5 cm³/mol. The molecule has 0 saturated carbocycles. The predicted octanol–water partition coefficient (Wildman–Crippen LogP) is 4.59. The summed E-state index contributed by atoms with van der Waals surface area (Å²) in [5.74, 6) is 0.0797. The number of hydrogen-bond acceptors (Lipinski definition) is 2. The minimum Gasteiger partial charge on any atom is -0.344 e. The van der Waals surface area contributed by atoms with Gasteiger partial charge in [-0.25, -0.2) is 0 Å². The number of carbonyl (C=O) groups is 1. The van der Waals surface area contributed by atoms with Crippen LogP contribution in [0.4, 0.5) is 0 Å². The highest BCUT2D eigenvalue weighted by molar-refractivity contribution is 7.10. The molecule has 0 aliphatic rings. The van der Waals surface area contributed by atoms with Crippen molar-refractivity contribution in [3.8, 4) is 0 Å². The maximum absolute atomic E-state index is 12.4. The summed E-state index contributed by atoms with van der Waals surface area (Å²) in [4.78, 5) is 13.5. The van der Waals surface area contributed by atoms with Crippen LogP contribution in [0.1, 0.15) is 28.5 Å². The Bertz CT molecular complexity index is 723. The topological polar surface area (TPSA) is 29.1 Å². The molecular formula is C20H19NOS. The van der Waals surface area contributed by atoms with Gasteiger partial charge in [0.1, 0.15) is 0 Å². The van der Waals surface area contributed by atoms with Gasteiger partial charge < -0.3 is 5.32 Å². The van der Waals surface area contributed by atoms with E-state index in [1.54, 1.807) is 11.3 Å². The van der Waals surface area contributed by atoms with Gasteiger partial charge in [0.15, 0.2) is 0 Å². The normalized spacial score (nSPS) is 11.8. The average molecular weight is 321 g/mol. The Hall–Kier alpha value is -2.39. The fraction of sp³-hybridized carbons (Fsp3) is 0.150.